The van der Waals surface area contributed by atoms with Gasteiger partial charge >= 0.3 is 6.18 Å². The highest BCUT2D eigenvalue weighted by Crippen LogP contribution is 2.32. The standard InChI is InChI=1S/C16H9ClF4N2O2S/c17-11-2-4-12(5-3-11)26(24,25)13(8-22)9-23-15-7-10(16(19,20)21)1-6-14(15)18/h1-7,9,23H. The van der Waals surface area contributed by atoms with Gasteiger partial charge in [-0.05, 0) is 42.5 Å². The van der Waals surface area contributed by atoms with Gasteiger partial charge in [-0.3, -0.25) is 0 Å². The number of rotatable bonds is 4. The number of benzene rings is 2. The molecule has 2 rings (SSSR count). The van der Waals surface area contributed by atoms with E-state index in [0.29, 0.717) is 24.4 Å². The van der Waals surface area contributed by atoms with Crippen LogP contribution in [0.3, 0.4) is 0 Å². The van der Waals surface area contributed by atoms with Crippen LogP contribution in [0, 0.1) is 17.1 Å². The highest BCUT2D eigenvalue weighted by atomic mass is 35.5. The Bertz CT molecular complexity index is 994. The van der Waals surface area contributed by atoms with E-state index in [4.69, 9.17) is 16.9 Å². The summed E-state index contributed by atoms with van der Waals surface area (Å²) in [6.07, 6.45) is -4.08. The zero-order valence-corrected chi connectivity index (χ0v) is 14.3. The smallest absolute Gasteiger partial charge is 0.357 e. The van der Waals surface area contributed by atoms with Gasteiger partial charge in [0.1, 0.15) is 11.9 Å². The monoisotopic (exact) mass is 404 g/mol. The van der Waals surface area contributed by atoms with Gasteiger partial charge in [0.25, 0.3) is 0 Å². The fourth-order valence-electron chi connectivity index (χ4n) is 1.87. The zero-order chi connectivity index (χ0) is 19.5. The van der Waals surface area contributed by atoms with Crippen molar-refractivity contribution < 1.29 is 26.0 Å². The Morgan fingerprint density at radius 2 is 1.77 bits per heavy atom. The quantitative estimate of drug-likeness (QED) is 0.589. The molecule has 0 amide bonds. The van der Waals surface area contributed by atoms with Gasteiger partial charge in [0.2, 0.25) is 9.84 Å². The number of nitriles is 1. The Balaban J connectivity index is 2.39. The zero-order valence-electron chi connectivity index (χ0n) is 12.7. The molecule has 0 aliphatic carbocycles. The lowest BCUT2D eigenvalue weighted by Gasteiger charge is -2.10. The van der Waals surface area contributed by atoms with Crippen LogP contribution in [0.25, 0.3) is 0 Å². The maximum atomic E-state index is 13.7. The van der Waals surface area contributed by atoms with Gasteiger partial charge in [0.15, 0.2) is 4.91 Å². The average molecular weight is 405 g/mol. The maximum absolute atomic E-state index is 13.7. The molecular formula is C16H9ClF4N2O2S. The molecule has 10 heteroatoms. The molecule has 0 bridgehead atoms. The van der Waals surface area contributed by atoms with Crippen molar-refractivity contribution in [1.82, 2.24) is 0 Å². The summed E-state index contributed by atoms with van der Waals surface area (Å²) in [6.45, 7) is 0. The predicted octanol–water partition coefficient (Wildman–Crippen LogP) is 4.75. The van der Waals surface area contributed by atoms with Crippen molar-refractivity contribution in [2.24, 2.45) is 0 Å². The first-order valence-electron chi connectivity index (χ1n) is 6.80. The van der Waals surface area contributed by atoms with Crippen molar-refractivity contribution in [3.8, 4) is 6.07 Å². The summed E-state index contributed by atoms with van der Waals surface area (Å²) >= 11 is 5.67. The summed E-state index contributed by atoms with van der Waals surface area (Å²) in [5, 5.41) is 11.4. The van der Waals surface area contributed by atoms with Crippen molar-refractivity contribution in [1.29, 1.82) is 5.26 Å². The number of halogens is 5. The van der Waals surface area contributed by atoms with Crippen molar-refractivity contribution in [2.75, 3.05) is 5.32 Å². The SMILES string of the molecule is N#CC(=CNc1cc(C(F)(F)F)ccc1F)S(=O)(=O)c1ccc(Cl)cc1. The summed E-state index contributed by atoms with van der Waals surface area (Å²) in [5.41, 5.74) is -1.76. The minimum atomic E-state index is -4.71. The first-order valence-corrected chi connectivity index (χ1v) is 8.66. The van der Waals surface area contributed by atoms with Crippen LogP contribution in [0.1, 0.15) is 5.56 Å². The lowest BCUT2D eigenvalue weighted by atomic mass is 10.2. The van der Waals surface area contributed by atoms with Gasteiger partial charge in [-0.25, -0.2) is 12.8 Å². The molecule has 0 heterocycles. The predicted molar refractivity (Wildman–Crippen MR) is 87.4 cm³/mol. The molecule has 2 aromatic carbocycles. The summed E-state index contributed by atoms with van der Waals surface area (Å²) < 4.78 is 76.4. The molecule has 0 unspecified atom stereocenters. The topological polar surface area (TPSA) is 70.0 Å². The van der Waals surface area contributed by atoms with Gasteiger partial charge in [0.05, 0.1) is 16.1 Å². The van der Waals surface area contributed by atoms with Crippen LogP contribution >= 0.6 is 11.6 Å². The molecule has 0 saturated heterocycles. The Morgan fingerprint density at radius 3 is 2.31 bits per heavy atom. The minimum absolute atomic E-state index is 0.249. The number of sulfone groups is 1. The van der Waals surface area contributed by atoms with E-state index in [1.165, 1.54) is 18.2 Å². The molecule has 26 heavy (non-hydrogen) atoms. The number of nitrogens with one attached hydrogen (secondary N) is 1. The summed E-state index contributed by atoms with van der Waals surface area (Å²) in [5.74, 6) is -1.05. The Hall–Kier alpha value is -2.57. The van der Waals surface area contributed by atoms with Gasteiger partial charge in [-0.2, -0.15) is 18.4 Å². The fraction of sp³-hybridized carbons (Fsp3) is 0.0625. The Labute approximate surface area is 151 Å². The van der Waals surface area contributed by atoms with Gasteiger partial charge in [0, 0.05) is 11.2 Å². The molecule has 2 aromatic rings. The Morgan fingerprint density at radius 1 is 1.15 bits per heavy atom. The second kappa shape index (κ2) is 7.35. The van der Waals surface area contributed by atoms with Crippen LogP contribution in [0.2, 0.25) is 5.02 Å². The van der Waals surface area contributed by atoms with Crippen molar-refractivity contribution in [3.05, 3.63) is 70.0 Å². The number of hydrogen-bond acceptors (Lipinski definition) is 4. The molecular weight excluding hydrogens is 396 g/mol. The van der Waals surface area contributed by atoms with E-state index in [1.807, 2.05) is 0 Å². The van der Waals surface area contributed by atoms with Crippen LogP contribution in [-0.4, -0.2) is 8.42 Å². The number of allylic oxidation sites excluding steroid dienone is 1. The third kappa shape index (κ3) is 4.33. The van der Waals surface area contributed by atoms with Crippen LogP contribution < -0.4 is 5.32 Å². The van der Waals surface area contributed by atoms with E-state index in [2.05, 4.69) is 5.32 Å². The van der Waals surface area contributed by atoms with Gasteiger partial charge < -0.3 is 5.32 Å². The van der Waals surface area contributed by atoms with E-state index in [1.54, 1.807) is 0 Å². The largest absolute Gasteiger partial charge is 0.416 e. The average Bonchev–Trinajstić information content (AvgIpc) is 2.56. The Kier molecular flexibility index (Phi) is 5.59. The van der Waals surface area contributed by atoms with E-state index in [0.717, 1.165) is 12.1 Å². The van der Waals surface area contributed by atoms with E-state index >= 15 is 0 Å². The highest BCUT2D eigenvalue weighted by Gasteiger charge is 2.31. The summed E-state index contributed by atoms with van der Waals surface area (Å²) in [4.78, 5) is -1.06. The van der Waals surface area contributed by atoms with E-state index in [9.17, 15) is 26.0 Å². The number of alkyl halides is 3. The lowest BCUT2D eigenvalue weighted by Crippen LogP contribution is -2.08. The van der Waals surface area contributed by atoms with E-state index < -0.39 is 38.0 Å². The van der Waals surface area contributed by atoms with Gasteiger partial charge in [-0.1, -0.05) is 11.6 Å². The van der Waals surface area contributed by atoms with E-state index in [-0.39, 0.29) is 9.92 Å². The molecule has 1 N–H and O–H groups in total. The molecule has 136 valence electrons. The molecule has 0 atom stereocenters. The third-order valence-electron chi connectivity index (χ3n) is 3.18. The van der Waals surface area contributed by atoms with Crippen molar-refractivity contribution >= 4 is 27.1 Å². The number of anilines is 1. The molecule has 0 aromatic heterocycles. The molecule has 4 nitrogen and oxygen atoms in total. The molecule has 0 aliphatic rings. The first-order chi connectivity index (χ1) is 12.1. The van der Waals surface area contributed by atoms with Crippen LogP contribution in [-0.2, 0) is 16.0 Å². The van der Waals surface area contributed by atoms with Crippen molar-refractivity contribution in [3.63, 3.8) is 0 Å². The van der Waals surface area contributed by atoms with Crippen LogP contribution in [0.15, 0.2) is 58.5 Å². The third-order valence-corrected chi connectivity index (χ3v) is 5.11. The molecule has 0 fully saturated rings. The molecule has 0 radical (unpaired) electrons. The fourth-order valence-corrected chi connectivity index (χ4v) is 3.07. The van der Waals surface area contributed by atoms with Gasteiger partial charge in [-0.15, -0.1) is 0 Å². The number of hydrogen-bond donors (Lipinski definition) is 1. The summed E-state index contributed by atoms with van der Waals surface area (Å²) in [6, 6.07) is 7.93. The normalized spacial score (nSPS) is 12.5. The second-order valence-corrected chi connectivity index (χ2v) is 7.27. The minimum Gasteiger partial charge on any atom is -0.357 e. The number of nitrogens with zero attached hydrogens (tertiary/aromatic N) is 1. The highest BCUT2D eigenvalue weighted by molar-refractivity contribution is 7.95. The molecule has 0 aliphatic heterocycles. The molecule has 0 saturated carbocycles. The van der Waals surface area contributed by atoms with Crippen LogP contribution in [0.5, 0.6) is 0 Å². The first kappa shape index (κ1) is 19.8. The van der Waals surface area contributed by atoms with Crippen LogP contribution in [0.4, 0.5) is 23.2 Å². The molecule has 0 spiro atoms. The lowest BCUT2D eigenvalue weighted by molar-refractivity contribution is -0.137. The second-order valence-electron chi connectivity index (χ2n) is 4.91. The summed E-state index contributed by atoms with van der Waals surface area (Å²) in [7, 11) is -4.26. The van der Waals surface area contributed by atoms with Crippen molar-refractivity contribution in [2.45, 2.75) is 11.1 Å². The maximum Gasteiger partial charge on any atom is 0.416 e.